The first-order chi connectivity index (χ1) is 4.56. The largest absolute Gasteiger partial charge is 0.304 e. The van der Waals surface area contributed by atoms with E-state index in [4.69, 9.17) is 5.90 Å². The fraction of sp³-hybridized carbons (Fsp3) is 1.00. The minimum absolute atomic E-state index is 0.333. The lowest BCUT2D eigenvalue weighted by Crippen LogP contribution is -2.06. The molecule has 0 aliphatic carbocycles. The van der Waals surface area contributed by atoms with Crippen LogP contribution in [0.2, 0.25) is 0 Å². The fourth-order valence-corrected chi connectivity index (χ4v) is 2.42. The maximum Gasteiger partial charge on any atom is 0.0778 e. The Hall–Kier alpha value is 0.620. The molecule has 0 aliphatic heterocycles. The lowest BCUT2D eigenvalue weighted by molar-refractivity contribution is 0.155. The van der Waals surface area contributed by atoms with E-state index in [0.717, 1.165) is 5.75 Å². The summed E-state index contributed by atoms with van der Waals surface area (Å²) >= 11 is 0. The molecule has 0 spiro atoms. The van der Waals surface area contributed by atoms with Crippen molar-refractivity contribution in [2.45, 2.75) is 25.5 Å². The van der Waals surface area contributed by atoms with Crippen LogP contribution in [0.5, 0.6) is 0 Å². The third-order valence-corrected chi connectivity index (χ3v) is 3.90. The third-order valence-electron chi connectivity index (χ3n) is 0.593. The van der Waals surface area contributed by atoms with Gasteiger partial charge in [0.05, 0.1) is 6.61 Å². The van der Waals surface area contributed by atoms with E-state index in [-0.39, 0.29) is 0 Å². The van der Waals surface area contributed by atoms with E-state index in [9.17, 15) is 0 Å². The van der Waals surface area contributed by atoms with E-state index in [2.05, 4.69) is 25.6 Å². The molecule has 0 rings (SSSR count). The molecule has 0 unspecified atom stereocenters. The molecule has 10 heavy (non-hydrogen) atoms. The maximum atomic E-state index is 4.86. The fourth-order valence-electron chi connectivity index (χ4n) is 0.301. The Bertz CT molecular complexity index is 82.3. The third kappa shape index (κ3) is 8.62. The minimum atomic E-state index is 0.333. The van der Waals surface area contributed by atoms with Gasteiger partial charge >= 0.3 is 0 Å². The van der Waals surface area contributed by atoms with Crippen LogP contribution in [0.25, 0.3) is 0 Å². The lowest BCUT2D eigenvalue weighted by atomic mass is 10.3. The molecule has 4 heteroatoms. The smallest absolute Gasteiger partial charge is 0.0778 e. The summed E-state index contributed by atoms with van der Waals surface area (Å²) in [6.45, 7) is 7.20. The van der Waals surface area contributed by atoms with Gasteiger partial charge in [-0.15, -0.1) is 0 Å². The molecule has 0 aromatic heterocycles. The molecule has 0 bridgehead atoms. The molecule has 0 amide bonds. The zero-order valence-electron chi connectivity index (χ0n) is 6.72. The van der Waals surface area contributed by atoms with Gasteiger partial charge in [-0.1, -0.05) is 42.4 Å². The first-order valence-corrected chi connectivity index (χ1v) is 5.50. The Labute approximate surface area is 70.6 Å². The molecular formula is C6H15NOS2. The maximum absolute atomic E-state index is 4.86. The Kier molecular flexibility index (Phi) is 5.62. The van der Waals surface area contributed by atoms with Crippen LogP contribution >= 0.6 is 21.6 Å². The van der Waals surface area contributed by atoms with E-state index in [1.165, 1.54) is 0 Å². The molecular weight excluding hydrogens is 166 g/mol. The molecule has 2 N–H and O–H groups in total. The molecule has 0 saturated carbocycles. The SMILES string of the molecule is CC(C)(C)SSCCON. The van der Waals surface area contributed by atoms with Crippen molar-refractivity contribution in [2.24, 2.45) is 5.90 Å². The van der Waals surface area contributed by atoms with E-state index in [0.29, 0.717) is 11.4 Å². The van der Waals surface area contributed by atoms with Crippen LogP contribution < -0.4 is 5.90 Å². The highest BCUT2D eigenvalue weighted by atomic mass is 33.1. The van der Waals surface area contributed by atoms with Crippen LogP contribution in [0.1, 0.15) is 20.8 Å². The zero-order valence-corrected chi connectivity index (χ0v) is 8.35. The minimum Gasteiger partial charge on any atom is -0.304 e. The van der Waals surface area contributed by atoms with E-state index in [1.807, 2.05) is 10.8 Å². The van der Waals surface area contributed by atoms with Gasteiger partial charge in [0, 0.05) is 10.5 Å². The summed E-state index contributed by atoms with van der Waals surface area (Å²) in [5.41, 5.74) is 0. The number of hydrogen-bond donors (Lipinski definition) is 1. The summed E-state index contributed by atoms with van der Waals surface area (Å²) in [6, 6.07) is 0. The van der Waals surface area contributed by atoms with E-state index < -0.39 is 0 Å². The van der Waals surface area contributed by atoms with Crippen molar-refractivity contribution in [3.63, 3.8) is 0 Å². The molecule has 0 atom stereocenters. The second-order valence-electron chi connectivity index (χ2n) is 2.89. The van der Waals surface area contributed by atoms with E-state index in [1.54, 1.807) is 10.8 Å². The second kappa shape index (κ2) is 5.29. The van der Waals surface area contributed by atoms with Crippen LogP contribution in [0.3, 0.4) is 0 Å². The van der Waals surface area contributed by atoms with Crippen LogP contribution in [0, 0.1) is 0 Å². The summed E-state index contributed by atoms with van der Waals surface area (Å²) in [4.78, 5) is 4.42. The molecule has 0 fully saturated rings. The average Bonchev–Trinajstić information content (AvgIpc) is 1.78. The van der Waals surface area contributed by atoms with Crippen molar-refractivity contribution in [1.82, 2.24) is 0 Å². The van der Waals surface area contributed by atoms with Crippen molar-refractivity contribution in [1.29, 1.82) is 0 Å². The Balaban J connectivity index is 3.04. The predicted molar refractivity (Wildman–Crippen MR) is 49.9 cm³/mol. The normalized spacial score (nSPS) is 12.0. The molecule has 62 valence electrons. The molecule has 0 radical (unpaired) electrons. The molecule has 0 saturated heterocycles. The Morgan fingerprint density at radius 3 is 2.40 bits per heavy atom. The van der Waals surface area contributed by atoms with Gasteiger partial charge in [0.2, 0.25) is 0 Å². The first-order valence-electron chi connectivity index (χ1n) is 3.18. The number of rotatable bonds is 4. The molecule has 2 nitrogen and oxygen atoms in total. The van der Waals surface area contributed by atoms with Gasteiger partial charge in [0.15, 0.2) is 0 Å². The quantitative estimate of drug-likeness (QED) is 0.409. The predicted octanol–water partition coefficient (Wildman–Crippen LogP) is 2.06. The summed E-state index contributed by atoms with van der Waals surface area (Å²) in [7, 11) is 3.65. The molecule has 0 aromatic rings. The van der Waals surface area contributed by atoms with Gasteiger partial charge in [-0.2, -0.15) is 0 Å². The first kappa shape index (κ1) is 10.6. The monoisotopic (exact) mass is 181 g/mol. The standard InChI is InChI=1S/C6H15NOS2/c1-6(2,3)10-9-5-4-8-7/h4-5,7H2,1-3H3. The van der Waals surface area contributed by atoms with Gasteiger partial charge < -0.3 is 4.84 Å². The van der Waals surface area contributed by atoms with Crippen molar-refractivity contribution >= 4 is 21.6 Å². The van der Waals surface area contributed by atoms with Crippen LogP contribution in [-0.4, -0.2) is 17.1 Å². The topological polar surface area (TPSA) is 35.2 Å². The van der Waals surface area contributed by atoms with Crippen molar-refractivity contribution in [3.05, 3.63) is 0 Å². The van der Waals surface area contributed by atoms with Crippen LogP contribution in [0.15, 0.2) is 0 Å². The molecule has 0 heterocycles. The van der Waals surface area contributed by atoms with E-state index >= 15 is 0 Å². The highest BCUT2D eigenvalue weighted by Gasteiger charge is 2.09. The summed E-state index contributed by atoms with van der Waals surface area (Å²) < 4.78 is 0.333. The van der Waals surface area contributed by atoms with Gasteiger partial charge in [0.25, 0.3) is 0 Å². The van der Waals surface area contributed by atoms with Crippen molar-refractivity contribution in [2.75, 3.05) is 12.4 Å². The second-order valence-corrected chi connectivity index (χ2v) is 6.13. The average molecular weight is 181 g/mol. The van der Waals surface area contributed by atoms with Gasteiger partial charge in [-0.25, -0.2) is 5.90 Å². The number of nitrogens with two attached hydrogens (primary N) is 1. The highest BCUT2D eigenvalue weighted by molar-refractivity contribution is 8.77. The zero-order chi connectivity index (χ0) is 8.04. The summed E-state index contributed by atoms with van der Waals surface area (Å²) in [6.07, 6.45) is 0. The number of hydrogen-bond acceptors (Lipinski definition) is 4. The van der Waals surface area contributed by atoms with Crippen LogP contribution in [-0.2, 0) is 4.84 Å². The van der Waals surface area contributed by atoms with Gasteiger partial charge in [-0.3, -0.25) is 0 Å². The Morgan fingerprint density at radius 2 is 2.00 bits per heavy atom. The molecule has 0 aliphatic rings. The summed E-state index contributed by atoms with van der Waals surface area (Å²) in [5.74, 6) is 5.81. The van der Waals surface area contributed by atoms with Gasteiger partial charge in [-0.05, 0) is 0 Å². The lowest BCUT2D eigenvalue weighted by Gasteiger charge is -2.15. The van der Waals surface area contributed by atoms with Crippen LogP contribution in [0.4, 0.5) is 0 Å². The molecule has 0 aromatic carbocycles. The Morgan fingerprint density at radius 1 is 1.40 bits per heavy atom. The summed E-state index contributed by atoms with van der Waals surface area (Å²) in [5, 5.41) is 0. The van der Waals surface area contributed by atoms with Crippen molar-refractivity contribution < 1.29 is 4.84 Å². The van der Waals surface area contributed by atoms with Gasteiger partial charge in [0.1, 0.15) is 0 Å². The highest BCUT2D eigenvalue weighted by Crippen LogP contribution is 2.34. The van der Waals surface area contributed by atoms with Crippen molar-refractivity contribution in [3.8, 4) is 0 Å².